The summed E-state index contributed by atoms with van der Waals surface area (Å²) in [6.07, 6.45) is 1.74. The maximum absolute atomic E-state index is 5.86. The van der Waals surface area contributed by atoms with E-state index in [0.29, 0.717) is 21.4 Å². The van der Waals surface area contributed by atoms with E-state index in [1.165, 1.54) is 5.56 Å². The van der Waals surface area contributed by atoms with E-state index < -0.39 is 0 Å². The second kappa shape index (κ2) is 7.42. The van der Waals surface area contributed by atoms with Crippen molar-refractivity contribution in [3.63, 3.8) is 0 Å². The molecular formula is C17H15ClN4OS. The third-order valence-corrected chi connectivity index (χ3v) is 3.78. The highest BCUT2D eigenvalue weighted by molar-refractivity contribution is 7.71. The van der Waals surface area contributed by atoms with Gasteiger partial charge in [-0.05, 0) is 49.0 Å². The van der Waals surface area contributed by atoms with Gasteiger partial charge in [0, 0.05) is 5.02 Å². The smallest absolute Gasteiger partial charge is 0.216 e. The van der Waals surface area contributed by atoms with E-state index in [2.05, 4.69) is 15.3 Å². The quantitative estimate of drug-likeness (QED) is 0.544. The molecule has 0 amide bonds. The molecule has 0 saturated carbocycles. The molecule has 1 N–H and O–H groups in total. The summed E-state index contributed by atoms with van der Waals surface area (Å²) in [6.45, 7) is 2.27. The zero-order valence-corrected chi connectivity index (χ0v) is 14.5. The van der Waals surface area contributed by atoms with Gasteiger partial charge in [0.05, 0.1) is 6.21 Å². The first-order valence-electron chi connectivity index (χ1n) is 7.27. The van der Waals surface area contributed by atoms with Gasteiger partial charge >= 0.3 is 0 Å². The second-order valence-corrected chi connectivity index (χ2v) is 5.98. The van der Waals surface area contributed by atoms with Gasteiger partial charge in [0.15, 0.2) is 5.82 Å². The van der Waals surface area contributed by atoms with Crippen LogP contribution in [0.5, 0.6) is 5.75 Å². The fourth-order valence-electron chi connectivity index (χ4n) is 2.09. The minimum absolute atomic E-state index is 0.236. The molecule has 7 heteroatoms. The molecule has 0 radical (unpaired) electrons. The Labute approximate surface area is 149 Å². The predicted octanol–water partition coefficient (Wildman–Crippen LogP) is 4.36. The number of aromatic amines is 1. The highest BCUT2D eigenvalue weighted by Gasteiger charge is 2.06. The Morgan fingerprint density at radius 1 is 1.29 bits per heavy atom. The molecule has 1 heterocycles. The number of halogens is 1. The number of hydrogen-bond acceptors (Lipinski definition) is 4. The van der Waals surface area contributed by atoms with Crippen molar-refractivity contribution in [2.75, 3.05) is 0 Å². The van der Waals surface area contributed by atoms with E-state index in [9.17, 15) is 0 Å². The Bertz CT molecular complexity index is 915. The number of benzene rings is 2. The lowest BCUT2D eigenvalue weighted by atomic mass is 10.2. The summed E-state index contributed by atoms with van der Waals surface area (Å²) < 4.78 is 7.65. The van der Waals surface area contributed by atoms with E-state index in [4.69, 9.17) is 28.6 Å². The molecule has 122 valence electrons. The van der Waals surface area contributed by atoms with E-state index in [0.717, 1.165) is 5.56 Å². The standard InChI is InChI=1S/C17H15ClN4OS/c1-12-3-2-4-13(9-12)10-19-22-16(20-21-17(22)24)11-23-15-7-5-14(18)6-8-15/h2-10H,11H2,1H3,(H,21,24)/b19-10-. The lowest BCUT2D eigenvalue weighted by molar-refractivity contribution is 0.290. The van der Waals surface area contributed by atoms with Crippen LogP contribution in [-0.2, 0) is 6.61 Å². The Kier molecular flexibility index (Phi) is 5.08. The predicted molar refractivity (Wildman–Crippen MR) is 97.4 cm³/mol. The van der Waals surface area contributed by atoms with Gasteiger partial charge in [-0.3, -0.25) is 0 Å². The molecule has 0 aliphatic heterocycles. The molecule has 0 unspecified atom stereocenters. The van der Waals surface area contributed by atoms with E-state index in [1.807, 2.05) is 31.2 Å². The Hall–Kier alpha value is -2.44. The maximum atomic E-state index is 5.86. The molecule has 0 spiro atoms. The molecule has 5 nitrogen and oxygen atoms in total. The van der Waals surface area contributed by atoms with Gasteiger partial charge in [-0.15, -0.1) is 0 Å². The van der Waals surface area contributed by atoms with E-state index >= 15 is 0 Å². The van der Waals surface area contributed by atoms with Gasteiger partial charge in [-0.1, -0.05) is 41.4 Å². The van der Waals surface area contributed by atoms with Gasteiger partial charge in [0.1, 0.15) is 12.4 Å². The van der Waals surface area contributed by atoms with Crippen LogP contribution in [0.1, 0.15) is 17.0 Å². The minimum Gasteiger partial charge on any atom is -0.486 e. The summed E-state index contributed by atoms with van der Waals surface area (Å²) in [4.78, 5) is 0. The van der Waals surface area contributed by atoms with Crippen LogP contribution in [0, 0.1) is 11.7 Å². The molecule has 3 aromatic rings. The number of H-pyrrole nitrogens is 1. The van der Waals surface area contributed by atoms with Crippen molar-refractivity contribution >= 4 is 30.0 Å². The third kappa shape index (κ3) is 4.10. The molecule has 3 rings (SSSR count). The van der Waals surface area contributed by atoms with Crippen LogP contribution in [0.3, 0.4) is 0 Å². The average molecular weight is 359 g/mol. The van der Waals surface area contributed by atoms with E-state index in [1.54, 1.807) is 35.2 Å². The summed E-state index contributed by atoms with van der Waals surface area (Å²) in [5, 5.41) is 11.9. The van der Waals surface area contributed by atoms with Crippen molar-refractivity contribution in [2.45, 2.75) is 13.5 Å². The molecule has 0 bridgehead atoms. The molecule has 1 aromatic heterocycles. The van der Waals surface area contributed by atoms with Gasteiger partial charge in [0.25, 0.3) is 0 Å². The number of ether oxygens (including phenoxy) is 1. The molecule has 0 aliphatic rings. The molecule has 0 fully saturated rings. The van der Waals surface area contributed by atoms with Crippen LogP contribution >= 0.6 is 23.8 Å². The SMILES string of the molecule is Cc1cccc(/C=N\n2c(COc3ccc(Cl)cc3)n[nH]c2=S)c1. The monoisotopic (exact) mass is 358 g/mol. The molecule has 0 aliphatic carbocycles. The second-order valence-electron chi connectivity index (χ2n) is 5.16. The first-order chi connectivity index (χ1) is 11.6. The molecule has 0 atom stereocenters. The minimum atomic E-state index is 0.236. The molecule has 24 heavy (non-hydrogen) atoms. The largest absolute Gasteiger partial charge is 0.486 e. The summed E-state index contributed by atoms with van der Waals surface area (Å²) in [5.74, 6) is 1.28. The lowest BCUT2D eigenvalue weighted by Gasteiger charge is -2.05. The van der Waals surface area contributed by atoms with Crippen LogP contribution < -0.4 is 4.74 Å². The molecule has 0 saturated heterocycles. The van der Waals surface area contributed by atoms with E-state index in [-0.39, 0.29) is 6.61 Å². The first-order valence-corrected chi connectivity index (χ1v) is 8.06. The van der Waals surface area contributed by atoms with Crippen molar-refractivity contribution in [3.05, 3.63) is 75.3 Å². The number of nitrogens with one attached hydrogen (secondary N) is 1. The number of hydrogen-bond donors (Lipinski definition) is 1. The number of nitrogens with zero attached hydrogens (tertiary/aromatic N) is 3. The number of rotatable bonds is 5. The van der Waals surface area contributed by atoms with Gasteiger partial charge in [-0.2, -0.15) is 14.9 Å². The summed E-state index contributed by atoms with van der Waals surface area (Å²) in [7, 11) is 0. The van der Waals surface area contributed by atoms with Crippen LogP contribution in [-0.4, -0.2) is 21.1 Å². The summed E-state index contributed by atoms with van der Waals surface area (Å²) in [6, 6.07) is 15.2. The van der Waals surface area contributed by atoms with Crippen LogP contribution in [0.4, 0.5) is 0 Å². The summed E-state index contributed by atoms with van der Waals surface area (Å²) >= 11 is 11.1. The topological polar surface area (TPSA) is 55.2 Å². The van der Waals surface area contributed by atoms with Crippen molar-refractivity contribution < 1.29 is 4.74 Å². The Morgan fingerprint density at radius 3 is 2.83 bits per heavy atom. The zero-order valence-electron chi connectivity index (χ0n) is 12.9. The fraction of sp³-hybridized carbons (Fsp3) is 0.118. The number of aryl methyl sites for hydroxylation is 1. The highest BCUT2D eigenvalue weighted by atomic mass is 35.5. The van der Waals surface area contributed by atoms with Gasteiger partial charge < -0.3 is 4.74 Å². The van der Waals surface area contributed by atoms with Crippen molar-refractivity contribution in [3.8, 4) is 5.75 Å². The Balaban J connectivity index is 1.76. The van der Waals surface area contributed by atoms with Gasteiger partial charge in [0.2, 0.25) is 4.77 Å². The maximum Gasteiger partial charge on any atom is 0.216 e. The third-order valence-electron chi connectivity index (χ3n) is 3.26. The van der Waals surface area contributed by atoms with Crippen LogP contribution in [0.15, 0.2) is 53.6 Å². The zero-order chi connectivity index (χ0) is 16.9. The lowest BCUT2D eigenvalue weighted by Crippen LogP contribution is -2.04. The van der Waals surface area contributed by atoms with Crippen molar-refractivity contribution in [2.24, 2.45) is 5.10 Å². The fourth-order valence-corrected chi connectivity index (χ4v) is 2.41. The molecule has 2 aromatic carbocycles. The van der Waals surface area contributed by atoms with Gasteiger partial charge in [-0.25, -0.2) is 5.10 Å². The highest BCUT2D eigenvalue weighted by Crippen LogP contribution is 2.16. The molecular weight excluding hydrogens is 344 g/mol. The summed E-state index contributed by atoms with van der Waals surface area (Å²) in [5.41, 5.74) is 2.16. The first kappa shape index (κ1) is 16.4. The average Bonchev–Trinajstić information content (AvgIpc) is 2.92. The Morgan fingerprint density at radius 2 is 2.08 bits per heavy atom. The van der Waals surface area contributed by atoms with Crippen molar-refractivity contribution in [1.29, 1.82) is 0 Å². The van der Waals surface area contributed by atoms with Crippen LogP contribution in [0.2, 0.25) is 5.02 Å². The van der Waals surface area contributed by atoms with Crippen LogP contribution in [0.25, 0.3) is 0 Å². The van der Waals surface area contributed by atoms with Crippen molar-refractivity contribution in [1.82, 2.24) is 14.9 Å². The normalized spacial score (nSPS) is 11.1. The number of aromatic nitrogens is 3.